The molecule has 3 fully saturated rings. The molecule has 38 nitrogen and oxygen atoms in total. The lowest BCUT2D eigenvalue weighted by Gasteiger charge is -2.29. The monoisotopic (exact) mass is 1520 g/mol. The predicted octanol–water partition coefficient (Wildman–Crippen LogP) is 0.966. The summed E-state index contributed by atoms with van der Waals surface area (Å²) in [5.41, 5.74) is 4.91. The quantitative estimate of drug-likeness (QED) is 0.0227. The van der Waals surface area contributed by atoms with Gasteiger partial charge in [-0.1, -0.05) is 25.0 Å². The maximum Gasteiger partial charge on any atom is 0.472 e. The van der Waals surface area contributed by atoms with E-state index in [0.717, 1.165) is 37.2 Å². The van der Waals surface area contributed by atoms with Gasteiger partial charge in [0.15, 0.2) is 23.2 Å². The van der Waals surface area contributed by atoms with Crippen LogP contribution >= 0.6 is 15.6 Å². The van der Waals surface area contributed by atoms with Crippen molar-refractivity contribution in [1.82, 2.24) is 75.3 Å². The van der Waals surface area contributed by atoms with Crippen molar-refractivity contribution in [3.63, 3.8) is 0 Å². The largest absolute Gasteiger partial charge is 0.497 e. The summed E-state index contributed by atoms with van der Waals surface area (Å²) >= 11 is 0. The number of anilines is 2. The first kappa shape index (κ1) is 84.9. The van der Waals surface area contributed by atoms with E-state index in [2.05, 4.69) is 68.3 Å². The van der Waals surface area contributed by atoms with Crippen LogP contribution in [0, 0.1) is 0 Å². The van der Waals surface area contributed by atoms with Gasteiger partial charge in [0.2, 0.25) is 23.6 Å². The second-order valence-electron chi connectivity index (χ2n) is 27.4. The maximum absolute atomic E-state index is 15.0. The third kappa shape index (κ3) is 28.0. The van der Waals surface area contributed by atoms with Crippen LogP contribution in [0.3, 0.4) is 0 Å². The predicted molar refractivity (Wildman–Crippen MR) is 381 cm³/mol. The van der Waals surface area contributed by atoms with Crippen molar-refractivity contribution < 1.29 is 94.9 Å². The number of hydrogen-bond acceptors (Lipinski definition) is 28. The van der Waals surface area contributed by atoms with Crippen LogP contribution in [-0.4, -0.2) is 286 Å². The highest BCUT2D eigenvalue weighted by Gasteiger charge is 2.49. The molecular weight excluding hydrogens is 1420 g/mol. The maximum atomic E-state index is 15.0. The van der Waals surface area contributed by atoms with Crippen molar-refractivity contribution >= 4 is 74.1 Å². The molecule has 7 rings (SSSR count). The number of nitrogens with zero attached hydrogens (tertiary/aromatic N) is 11. The summed E-state index contributed by atoms with van der Waals surface area (Å²) in [4.78, 5) is 142. The standard InChI is InChI=1S/C65H105N17O21P2/c1-43(83)67-24-14-17-46(73-64(91)102-65(2,3)4)60(88)72-47(35-44-18-20-45(96-9)21-19-44)61(89)75-55-50(101-62(57(55)87)82-42-71-56-58(76(5)6)69-41-70-59(56)82)40-99-105(94,95)103-48-36-53(81-29-22-51(66)74-63(81)90)100-49(48)39-98-104(92,93)97-34-13-11-10-12-23-68-52(84)37-79-27-16-28-80(38-54(85)86)33-31-78(8)26-15-25-77(7)30-32-79/h18-22,29,41-42,46-50,53,55,57,62,87H,10-17,23-28,30-40H2,1-9H3,(H,67,83)(H,68,84)(H,72,88)(H,73,91)(H,75,89)(H,85,86)(H,92,93)(H,94,95)(H2,66,74,90)/t46-,47+,48?,49-,50-,53-,55?,57+,62-/m1/s1. The highest BCUT2D eigenvalue weighted by Crippen LogP contribution is 2.51. The van der Waals surface area contributed by atoms with Crippen LogP contribution in [0.1, 0.15) is 104 Å². The Hall–Kier alpha value is -7.39. The highest BCUT2D eigenvalue weighted by atomic mass is 31.2. The Morgan fingerprint density at radius 1 is 0.762 bits per heavy atom. The van der Waals surface area contributed by atoms with E-state index in [4.69, 9.17) is 42.8 Å². The van der Waals surface area contributed by atoms with Crippen LogP contribution in [0.25, 0.3) is 11.2 Å². The molecule has 40 heteroatoms. The Balaban J connectivity index is 1.01. The third-order valence-corrected chi connectivity index (χ3v) is 19.4. The number of benzene rings is 1. The van der Waals surface area contributed by atoms with Gasteiger partial charge in [-0.3, -0.25) is 61.0 Å². The number of carbonyl (C=O) groups excluding carboxylic acids is 5. The fraction of sp³-hybridized carbons (Fsp3) is 0.677. The van der Waals surface area contributed by atoms with E-state index in [9.17, 15) is 62.7 Å². The number of hydrogen-bond donors (Lipinski definition) is 10. The van der Waals surface area contributed by atoms with Gasteiger partial charge in [0.05, 0.1) is 52.4 Å². The summed E-state index contributed by atoms with van der Waals surface area (Å²) in [7, 11) is -1.23. The van der Waals surface area contributed by atoms with Crippen molar-refractivity contribution in [3.8, 4) is 5.75 Å². The molecular formula is C65H105N17O21P2. The molecule has 6 heterocycles. The molecule has 0 spiro atoms. The van der Waals surface area contributed by atoms with Gasteiger partial charge in [0.1, 0.15) is 66.2 Å². The number of methoxy groups -OCH3 is 1. The lowest BCUT2D eigenvalue weighted by atomic mass is 10.0. The molecule has 0 bridgehead atoms. The van der Waals surface area contributed by atoms with Gasteiger partial charge in [-0.15, -0.1) is 0 Å². The van der Waals surface area contributed by atoms with Gasteiger partial charge in [0.25, 0.3) is 0 Å². The Labute approximate surface area is 609 Å². The number of carboxylic acids is 1. The molecule has 4 aromatic rings. The van der Waals surface area contributed by atoms with Gasteiger partial charge in [-0.2, -0.15) is 4.98 Å². The number of imidazole rings is 1. The minimum Gasteiger partial charge on any atom is -0.497 e. The Kier molecular flexibility index (Phi) is 32.8. The van der Waals surface area contributed by atoms with Crippen molar-refractivity contribution in [2.75, 3.05) is 144 Å². The average Bonchev–Trinajstić information content (AvgIpc) is 1.64. The Morgan fingerprint density at radius 2 is 1.42 bits per heavy atom. The van der Waals surface area contributed by atoms with E-state index >= 15 is 0 Å². The number of aliphatic hydroxyl groups is 1. The molecule has 3 aliphatic rings. The minimum absolute atomic E-state index is 0.0244. The summed E-state index contributed by atoms with van der Waals surface area (Å²) in [6.45, 7) is 10.7. The summed E-state index contributed by atoms with van der Waals surface area (Å²) in [5, 5.41) is 35.5. The third-order valence-electron chi connectivity index (χ3n) is 17.4. The van der Waals surface area contributed by atoms with E-state index in [0.29, 0.717) is 87.5 Å². The van der Waals surface area contributed by atoms with Crippen molar-refractivity contribution in [1.29, 1.82) is 0 Å². The minimum atomic E-state index is -5.38. The number of carboxylic acid groups (broad SMARTS) is 1. The topological polar surface area (TPSA) is 472 Å². The molecule has 11 atom stereocenters. The summed E-state index contributed by atoms with van der Waals surface area (Å²) in [5.74, 6) is -2.33. The summed E-state index contributed by atoms with van der Waals surface area (Å²) in [6.07, 6.45) is -2.74. The number of nitrogen functional groups attached to an aromatic ring is 1. The van der Waals surface area contributed by atoms with Crippen molar-refractivity contribution in [3.05, 3.63) is 65.2 Å². The lowest BCUT2D eigenvalue weighted by Crippen LogP contribution is -2.58. The molecule has 3 aliphatic heterocycles. The Bertz CT molecular complexity index is 3650. The van der Waals surface area contributed by atoms with E-state index in [-0.39, 0.29) is 75.2 Å². The van der Waals surface area contributed by atoms with Crippen LogP contribution < -0.4 is 47.6 Å². The molecule has 586 valence electrons. The van der Waals surface area contributed by atoms with E-state index in [1.165, 1.54) is 43.5 Å². The zero-order chi connectivity index (χ0) is 76.6. The number of nitrogens with two attached hydrogens (primary N) is 1. The van der Waals surface area contributed by atoms with E-state index in [1.54, 1.807) is 64.0 Å². The van der Waals surface area contributed by atoms with Gasteiger partial charge in [-0.25, -0.2) is 33.7 Å². The first-order chi connectivity index (χ1) is 49.7. The number of fused-ring (bicyclic) bond motifs is 1. The smallest absolute Gasteiger partial charge is 0.472 e. The molecule has 0 aliphatic carbocycles. The van der Waals surface area contributed by atoms with E-state index < -0.39 is 119 Å². The van der Waals surface area contributed by atoms with E-state index in [1.807, 2.05) is 11.9 Å². The zero-order valence-electron chi connectivity index (χ0n) is 61.1. The number of phosphoric ester groups is 2. The number of carbonyl (C=O) groups is 6. The lowest BCUT2D eigenvalue weighted by molar-refractivity contribution is -0.138. The number of aliphatic hydroxyl groups excluding tert-OH is 1. The number of rotatable bonds is 35. The van der Waals surface area contributed by atoms with Crippen LogP contribution in [-0.2, 0) is 71.8 Å². The number of likely N-dealkylation sites (N-methyl/N-ethyl adjacent to an activating group) is 2. The second kappa shape index (κ2) is 40.5. The molecule has 105 heavy (non-hydrogen) atoms. The SMILES string of the molecule is COc1ccc(C[C@H](NC(=O)[C@@H](CCCNC(C)=O)NC(=O)OC(C)(C)C)C(=O)NC2[C@@H](COP(=O)(O)OC3C[C@H](n4ccc(N)nc4=O)O[C@@H]3COP(=O)(O)OCCCCCCNC(=O)CN3CCCN(CC(=O)O)CCN(C)CCCN(C)CC3)O[C@@H](n3cnc4c(N(C)C)ncnc43)[C@H]2O)cc1. The fourth-order valence-electron chi connectivity index (χ4n) is 12.0. The Morgan fingerprint density at radius 3 is 2.08 bits per heavy atom. The molecule has 0 radical (unpaired) electrons. The first-order valence-corrected chi connectivity index (χ1v) is 38.0. The number of aromatic nitrogens is 6. The molecule has 4 unspecified atom stereocenters. The van der Waals surface area contributed by atoms with Gasteiger partial charge in [0, 0.05) is 85.9 Å². The number of ether oxygens (including phenoxy) is 4. The first-order valence-electron chi connectivity index (χ1n) is 35.0. The number of alkyl carbamates (subject to hydrolysis) is 1. The number of aliphatic carboxylic acids is 1. The molecule has 0 saturated carbocycles. The number of amides is 5. The fourth-order valence-corrected chi connectivity index (χ4v) is 13.7. The molecule has 11 N–H and O–H groups in total. The molecule has 5 amide bonds. The van der Waals surface area contributed by atoms with Crippen LogP contribution in [0.5, 0.6) is 5.75 Å². The zero-order valence-corrected chi connectivity index (χ0v) is 62.9. The van der Waals surface area contributed by atoms with Crippen LogP contribution in [0.15, 0.2) is 54.0 Å². The number of phosphoric acid groups is 2. The van der Waals surface area contributed by atoms with Gasteiger partial charge < -0.3 is 86.0 Å². The van der Waals surface area contributed by atoms with Gasteiger partial charge in [-0.05, 0) is 117 Å². The van der Waals surface area contributed by atoms with Gasteiger partial charge >= 0.3 is 33.4 Å². The van der Waals surface area contributed by atoms with Crippen LogP contribution in [0.2, 0.25) is 0 Å². The second-order valence-corrected chi connectivity index (χ2v) is 30.2. The van der Waals surface area contributed by atoms with Crippen LogP contribution in [0.4, 0.5) is 16.4 Å². The summed E-state index contributed by atoms with van der Waals surface area (Å²) < 4.78 is 75.4. The normalized spacial score (nSPS) is 22.3. The molecule has 3 saturated heterocycles. The number of unbranched alkanes of at least 4 members (excludes halogenated alkanes) is 3. The highest BCUT2D eigenvalue weighted by molar-refractivity contribution is 7.47. The van der Waals surface area contributed by atoms with Crippen molar-refractivity contribution in [2.24, 2.45) is 0 Å². The number of nitrogens with one attached hydrogen (secondary N) is 5. The molecule has 1 aromatic carbocycles. The molecule has 3 aromatic heterocycles. The average molecular weight is 1520 g/mol. The van der Waals surface area contributed by atoms with Crippen molar-refractivity contribution in [2.45, 2.75) is 153 Å². The summed E-state index contributed by atoms with van der Waals surface area (Å²) in [6, 6.07) is 3.53.